The number of benzene rings is 2. The van der Waals surface area contributed by atoms with Crippen LogP contribution in [-0.2, 0) is 11.3 Å². The summed E-state index contributed by atoms with van der Waals surface area (Å²) in [4.78, 5) is 16.6. The summed E-state index contributed by atoms with van der Waals surface area (Å²) in [5, 5.41) is 3.60. The zero-order chi connectivity index (χ0) is 17.6. The SMILES string of the molecule is Cc1ccc(CNC(=O)CSc2nc(-c3ccccc3)c(N)s2)cc1. The minimum absolute atomic E-state index is 0.0133. The van der Waals surface area contributed by atoms with Gasteiger partial charge in [-0.25, -0.2) is 4.98 Å². The van der Waals surface area contributed by atoms with Crippen molar-refractivity contribution < 1.29 is 4.79 Å². The monoisotopic (exact) mass is 369 g/mol. The van der Waals surface area contributed by atoms with Crippen LogP contribution < -0.4 is 11.1 Å². The number of thiazole rings is 1. The van der Waals surface area contributed by atoms with Crippen LogP contribution in [0.25, 0.3) is 11.3 Å². The maximum atomic E-state index is 12.0. The molecule has 1 amide bonds. The highest BCUT2D eigenvalue weighted by molar-refractivity contribution is 8.01. The number of aryl methyl sites for hydroxylation is 1. The van der Waals surface area contributed by atoms with E-state index in [1.54, 1.807) is 0 Å². The number of carbonyl (C=O) groups excluding carboxylic acids is 1. The molecule has 2 aromatic carbocycles. The molecule has 0 spiro atoms. The van der Waals surface area contributed by atoms with Gasteiger partial charge in [0.2, 0.25) is 5.91 Å². The molecular weight excluding hydrogens is 350 g/mol. The Kier molecular flexibility index (Phi) is 5.73. The van der Waals surface area contributed by atoms with Gasteiger partial charge in [0.15, 0.2) is 4.34 Å². The van der Waals surface area contributed by atoms with Gasteiger partial charge in [-0.15, -0.1) is 0 Å². The quantitative estimate of drug-likeness (QED) is 0.642. The summed E-state index contributed by atoms with van der Waals surface area (Å²) in [7, 11) is 0. The number of nitrogens with two attached hydrogens (primary N) is 1. The minimum Gasteiger partial charge on any atom is -0.389 e. The van der Waals surface area contributed by atoms with E-state index in [4.69, 9.17) is 5.73 Å². The molecule has 0 radical (unpaired) electrons. The number of thioether (sulfide) groups is 1. The van der Waals surface area contributed by atoms with Gasteiger partial charge in [0.25, 0.3) is 0 Å². The average Bonchev–Trinajstić information content (AvgIpc) is 3.01. The molecule has 3 rings (SSSR count). The molecular formula is C19H19N3OS2. The molecule has 1 heterocycles. The highest BCUT2D eigenvalue weighted by Crippen LogP contribution is 2.35. The molecule has 6 heteroatoms. The van der Waals surface area contributed by atoms with Crippen molar-refractivity contribution in [2.75, 3.05) is 11.5 Å². The fourth-order valence-corrected chi connectivity index (χ4v) is 4.04. The van der Waals surface area contributed by atoms with E-state index in [0.29, 0.717) is 17.3 Å². The van der Waals surface area contributed by atoms with Crippen molar-refractivity contribution in [2.45, 2.75) is 17.8 Å². The largest absolute Gasteiger partial charge is 0.389 e. The Morgan fingerprint density at radius 2 is 1.88 bits per heavy atom. The molecule has 0 saturated heterocycles. The number of hydrogen-bond acceptors (Lipinski definition) is 5. The van der Waals surface area contributed by atoms with Crippen LogP contribution in [0.5, 0.6) is 0 Å². The second kappa shape index (κ2) is 8.18. The highest BCUT2D eigenvalue weighted by atomic mass is 32.2. The molecule has 0 unspecified atom stereocenters. The van der Waals surface area contributed by atoms with Crippen LogP contribution in [0.2, 0.25) is 0 Å². The lowest BCUT2D eigenvalue weighted by Gasteiger charge is -2.04. The van der Waals surface area contributed by atoms with Crippen LogP contribution >= 0.6 is 23.1 Å². The molecule has 0 aliphatic heterocycles. The summed E-state index contributed by atoms with van der Waals surface area (Å²) in [5.41, 5.74) is 10.1. The van der Waals surface area contributed by atoms with Crippen molar-refractivity contribution in [1.82, 2.24) is 10.3 Å². The number of carbonyl (C=O) groups is 1. The lowest BCUT2D eigenvalue weighted by atomic mass is 10.1. The number of hydrogen-bond donors (Lipinski definition) is 2. The maximum absolute atomic E-state index is 12.0. The summed E-state index contributed by atoms with van der Waals surface area (Å²) in [6.45, 7) is 2.58. The van der Waals surface area contributed by atoms with Crippen LogP contribution in [-0.4, -0.2) is 16.6 Å². The van der Waals surface area contributed by atoms with Gasteiger partial charge in [0.1, 0.15) is 10.7 Å². The molecule has 0 bridgehead atoms. The Labute approximate surface area is 155 Å². The van der Waals surface area contributed by atoms with Crippen molar-refractivity contribution in [1.29, 1.82) is 0 Å². The lowest BCUT2D eigenvalue weighted by molar-refractivity contribution is -0.118. The number of aromatic nitrogens is 1. The fourth-order valence-electron chi connectivity index (χ4n) is 2.26. The van der Waals surface area contributed by atoms with Crippen molar-refractivity contribution >= 4 is 34.0 Å². The van der Waals surface area contributed by atoms with Gasteiger partial charge in [-0.2, -0.15) is 0 Å². The Balaban J connectivity index is 1.53. The summed E-state index contributed by atoms with van der Waals surface area (Å²) < 4.78 is 0.807. The Hall–Kier alpha value is -2.31. The normalized spacial score (nSPS) is 10.6. The smallest absolute Gasteiger partial charge is 0.230 e. The second-order valence-electron chi connectivity index (χ2n) is 5.61. The number of nitrogens with zero attached hydrogens (tertiary/aromatic N) is 1. The first-order valence-electron chi connectivity index (χ1n) is 7.88. The predicted molar refractivity (Wildman–Crippen MR) is 106 cm³/mol. The summed E-state index contributed by atoms with van der Waals surface area (Å²) in [6.07, 6.45) is 0. The van der Waals surface area contributed by atoms with E-state index in [9.17, 15) is 4.79 Å². The van der Waals surface area contributed by atoms with Gasteiger partial charge >= 0.3 is 0 Å². The summed E-state index contributed by atoms with van der Waals surface area (Å²) in [6, 6.07) is 18.0. The Morgan fingerprint density at radius 3 is 2.60 bits per heavy atom. The standard InChI is InChI=1S/C19H19N3OS2/c1-13-7-9-14(10-8-13)11-21-16(23)12-24-19-22-17(18(20)25-19)15-5-3-2-4-6-15/h2-10H,11-12,20H2,1H3,(H,21,23). The van der Waals surface area contributed by atoms with E-state index in [1.807, 2.05) is 61.5 Å². The van der Waals surface area contributed by atoms with Gasteiger partial charge in [-0.3, -0.25) is 4.79 Å². The third kappa shape index (κ3) is 4.84. The molecule has 25 heavy (non-hydrogen) atoms. The van der Waals surface area contributed by atoms with Gasteiger partial charge in [-0.1, -0.05) is 83.3 Å². The van der Waals surface area contributed by atoms with E-state index in [-0.39, 0.29) is 5.91 Å². The Morgan fingerprint density at radius 1 is 1.16 bits per heavy atom. The minimum atomic E-state index is -0.0133. The molecule has 0 saturated carbocycles. The molecule has 1 aromatic heterocycles. The number of rotatable bonds is 6. The van der Waals surface area contributed by atoms with Crippen molar-refractivity contribution in [3.05, 3.63) is 65.7 Å². The topological polar surface area (TPSA) is 68.0 Å². The van der Waals surface area contributed by atoms with Gasteiger partial charge in [0, 0.05) is 12.1 Å². The average molecular weight is 370 g/mol. The third-order valence-corrected chi connectivity index (χ3v) is 5.65. The van der Waals surface area contributed by atoms with E-state index < -0.39 is 0 Å². The number of amides is 1. The molecule has 4 nitrogen and oxygen atoms in total. The van der Waals surface area contributed by atoms with Crippen LogP contribution in [0.15, 0.2) is 58.9 Å². The molecule has 128 valence electrons. The highest BCUT2D eigenvalue weighted by Gasteiger charge is 2.12. The number of nitrogens with one attached hydrogen (secondary N) is 1. The molecule has 0 fully saturated rings. The van der Waals surface area contributed by atoms with Crippen LogP contribution in [0.4, 0.5) is 5.00 Å². The predicted octanol–water partition coefficient (Wildman–Crippen LogP) is 4.11. The van der Waals surface area contributed by atoms with Crippen LogP contribution in [0, 0.1) is 6.92 Å². The zero-order valence-electron chi connectivity index (χ0n) is 13.9. The van der Waals surface area contributed by atoms with Crippen LogP contribution in [0.1, 0.15) is 11.1 Å². The van der Waals surface area contributed by atoms with Crippen LogP contribution in [0.3, 0.4) is 0 Å². The van der Waals surface area contributed by atoms with Crippen molar-refractivity contribution in [2.24, 2.45) is 0 Å². The first-order valence-corrected chi connectivity index (χ1v) is 9.69. The molecule has 3 N–H and O–H groups in total. The fraction of sp³-hybridized carbons (Fsp3) is 0.158. The Bertz CT molecular complexity index is 845. The first kappa shape index (κ1) is 17.5. The van der Waals surface area contributed by atoms with Crippen molar-refractivity contribution in [3.63, 3.8) is 0 Å². The maximum Gasteiger partial charge on any atom is 0.230 e. The lowest BCUT2D eigenvalue weighted by Crippen LogP contribution is -2.24. The van der Waals surface area contributed by atoms with E-state index >= 15 is 0 Å². The second-order valence-corrected chi connectivity index (χ2v) is 7.86. The van der Waals surface area contributed by atoms with Crippen molar-refractivity contribution in [3.8, 4) is 11.3 Å². The number of nitrogen functional groups attached to an aromatic ring is 1. The third-order valence-electron chi connectivity index (χ3n) is 3.62. The molecule has 0 aliphatic rings. The van der Waals surface area contributed by atoms with Gasteiger partial charge in [-0.05, 0) is 12.5 Å². The van der Waals surface area contributed by atoms with Gasteiger partial charge < -0.3 is 11.1 Å². The molecule has 0 atom stereocenters. The summed E-state index contributed by atoms with van der Waals surface area (Å²) >= 11 is 2.83. The molecule has 0 aliphatic carbocycles. The first-order chi connectivity index (χ1) is 12.1. The molecule has 3 aromatic rings. The van der Waals surface area contributed by atoms with E-state index in [0.717, 1.165) is 21.2 Å². The van der Waals surface area contributed by atoms with E-state index in [1.165, 1.54) is 28.7 Å². The zero-order valence-corrected chi connectivity index (χ0v) is 15.5. The summed E-state index contributed by atoms with van der Waals surface area (Å²) in [5.74, 6) is 0.313. The van der Waals surface area contributed by atoms with E-state index in [2.05, 4.69) is 10.3 Å². The van der Waals surface area contributed by atoms with Gasteiger partial charge in [0.05, 0.1) is 5.75 Å². The number of anilines is 1.